The zero-order valence-corrected chi connectivity index (χ0v) is 20.8. The minimum atomic E-state index is -0.247. The highest BCUT2D eigenvalue weighted by Crippen LogP contribution is 2.32. The van der Waals surface area contributed by atoms with E-state index in [4.69, 9.17) is 9.15 Å². The molecule has 0 unspecified atom stereocenters. The molecule has 1 amide bonds. The van der Waals surface area contributed by atoms with Crippen molar-refractivity contribution in [2.24, 2.45) is 0 Å². The summed E-state index contributed by atoms with van der Waals surface area (Å²) in [6, 6.07) is 12.5. The maximum Gasteiger partial charge on any atom is 0.234 e. The van der Waals surface area contributed by atoms with Crippen molar-refractivity contribution < 1.29 is 18.3 Å². The molecule has 1 aliphatic heterocycles. The monoisotopic (exact) mass is 481 g/mol. The van der Waals surface area contributed by atoms with E-state index in [-0.39, 0.29) is 17.8 Å². The SMILES string of the molecule is CC(C)NC(=O)CN1CCN(CCCCCOc2ccc3c(-c4ccc(F)cc4)coc3c2)CC1. The quantitative estimate of drug-likeness (QED) is 0.394. The predicted molar refractivity (Wildman–Crippen MR) is 137 cm³/mol. The summed E-state index contributed by atoms with van der Waals surface area (Å²) >= 11 is 0. The Hall–Kier alpha value is -2.90. The Labute approximate surface area is 207 Å². The largest absolute Gasteiger partial charge is 0.493 e. The maximum absolute atomic E-state index is 13.2. The van der Waals surface area contributed by atoms with Gasteiger partial charge in [0.2, 0.25) is 5.91 Å². The number of hydrogen-bond acceptors (Lipinski definition) is 5. The van der Waals surface area contributed by atoms with E-state index >= 15 is 0 Å². The van der Waals surface area contributed by atoms with E-state index in [0.717, 1.165) is 79.8 Å². The molecule has 1 saturated heterocycles. The van der Waals surface area contributed by atoms with Crippen LogP contribution in [0.1, 0.15) is 33.1 Å². The van der Waals surface area contributed by atoms with Gasteiger partial charge >= 0.3 is 0 Å². The van der Waals surface area contributed by atoms with Gasteiger partial charge < -0.3 is 19.4 Å². The van der Waals surface area contributed by atoms with E-state index in [1.165, 1.54) is 12.1 Å². The fraction of sp³-hybridized carbons (Fsp3) is 0.464. The van der Waals surface area contributed by atoms with Crippen LogP contribution in [0.15, 0.2) is 53.1 Å². The molecular formula is C28H36FN3O3. The lowest BCUT2D eigenvalue weighted by molar-refractivity contribution is -0.123. The number of carbonyl (C=O) groups excluding carboxylic acids is 1. The number of halogens is 1. The molecule has 1 aliphatic rings. The zero-order chi connectivity index (χ0) is 24.6. The first-order chi connectivity index (χ1) is 17.0. The van der Waals surface area contributed by atoms with Crippen molar-refractivity contribution in [2.75, 3.05) is 45.9 Å². The zero-order valence-electron chi connectivity index (χ0n) is 20.8. The van der Waals surface area contributed by atoms with Crippen LogP contribution in [0.5, 0.6) is 5.75 Å². The number of nitrogens with one attached hydrogen (secondary N) is 1. The third-order valence-corrected chi connectivity index (χ3v) is 6.37. The number of hydrogen-bond donors (Lipinski definition) is 1. The molecule has 1 N–H and O–H groups in total. The number of carbonyl (C=O) groups is 1. The van der Waals surface area contributed by atoms with Crippen molar-refractivity contribution >= 4 is 16.9 Å². The lowest BCUT2D eigenvalue weighted by Crippen LogP contribution is -2.50. The van der Waals surface area contributed by atoms with Crippen LogP contribution in [-0.4, -0.2) is 67.6 Å². The van der Waals surface area contributed by atoms with E-state index in [0.29, 0.717) is 13.2 Å². The Kier molecular flexibility index (Phi) is 8.77. The fourth-order valence-electron chi connectivity index (χ4n) is 4.50. The second-order valence-electron chi connectivity index (χ2n) is 9.56. The van der Waals surface area contributed by atoms with Crippen molar-refractivity contribution in [3.8, 4) is 16.9 Å². The van der Waals surface area contributed by atoms with Crippen molar-refractivity contribution in [3.05, 3.63) is 54.5 Å². The fourth-order valence-corrected chi connectivity index (χ4v) is 4.50. The molecule has 2 aromatic carbocycles. The van der Waals surface area contributed by atoms with Gasteiger partial charge in [0.25, 0.3) is 0 Å². The molecule has 0 aliphatic carbocycles. The van der Waals surface area contributed by atoms with Crippen molar-refractivity contribution in [1.29, 1.82) is 0 Å². The number of piperazine rings is 1. The van der Waals surface area contributed by atoms with Crippen LogP contribution >= 0.6 is 0 Å². The summed E-state index contributed by atoms with van der Waals surface area (Å²) in [5, 5.41) is 3.95. The van der Waals surface area contributed by atoms with Gasteiger partial charge in [0, 0.05) is 49.2 Å². The van der Waals surface area contributed by atoms with Crippen LogP contribution in [0, 0.1) is 5.82 Å². The highest BCUT2D eigenvalue weighted by molar-refractivity contribution is 5.94. The number of nitrogens with zero attached hydrogens (tertiary/aromatic N) is 2. The third-order valence-electron chi connectivity index (χ3n) is 6.37. The molecule has 1 fully saturated rings. The second-order valence-corrected chi connectivity index (χ2v) is 9.56. The highest BCUT2D eigenvalue weighted by Gasteiger charge is 2.18. The minimum absolute atomic E-state index is 0.118. The number of ether oxygens (including phenoxy) is 1. The Bertz CT molecular complexity index is 1090. The first-order valence-corrected chi connectivity index (χ1v) is 12.6. The normalized spacial score (nSPS) is 15.1. The first-order valence-electron chi connectivity index (χ1n) is 12.6. The Balaban J connectivity index is 1.12. The predicted octanol–water partition coefficient (Wildman–Crippen LogP) is 4.93. The van der Waals surface area contributed by atoms with Gasteiger partial charge in [-0.05, 0) is 69.5 Å². The third kappa shape index (κ3) is 7.29. The molecule has 0 bridgehead atoms. The van der Waals surface area contributed by atoms with Gasteiger partial charge in [-0.1, -0.05) is 12.1 Å². The topological polar surface area (TPSA) is 58.0 Å². The van der Waals surface area contributed by atoms with Crippen molar-refractivity contribution in [3.63, 3.8) is 0 Å². The summed E-state index contributed by atoms with van der Waals surface area (Å²) in [7, 11) is 0. The van der Waals surface area contributed by atoms with Gasteiger partial charge in [0.15, 0.2) is 0 Å². The molecular weight excluding hydrogens is 445 g/mol. The van der Waals surface area contributed by atoms with E-state index in [1.807, 2.05) is 32.0 Å². The number of rotatable bonds is 11. The summed E-state index contributed by atoms with van der Waals surface area (Å²) in [5.41, 5.74) is 2.64. The summed E-state index contributed by atoms with van der Waals surface area (Å²) in [4.78, 5) is 16.6. The van der Waals surface area contributed by atoms with Gasteiger partial charge in [-0.15, -0.1) is 0 Å². The van der Waals surface area contributed by atoms with Crippen molar-refractivity contribution in [1.82, 2.24) is 15.1 Å². The second kappa shape index (κ2) is 12.2. The lowest BCUT2D eigenvalue weighted by Gasteiger charge is -2.34. The molecule has 3 aromatic rings. The molecule has 4 rings (SSSR count). The number of benzene rings is 2. The van der Waals surface area contributed by atoms with Crippen LogP contribution in [0.25, 0.3) is 22.1 Å². The molecule has 6 nitrogen and oxygen atoms in total. The van der Waals surface area contributed by atoms with Crippen LogP contribution in [0.2, 0.25) is 0 Å². The van der Waals surface area contributed by atoms with Crippen molar-refractivity contribution in [2.45, 2.75) is 39.2 Å². The highest BCUT2D eigenvalue weighted by atomic mass is 19.1. The lowest BCUT2D eigenvalue weighted by atomic mass is 10.0. The van der Waals surface area contributed by atoms with E-state index < -0.39 is 0 Å². The maximum atomic E-state index is 13.2. The molecule has 35 heavy (non-hydrogen) atoms. The van der Waals surface area contributed by atoms with Crippen LogP contribution < -0.4 is 10.1 Å². The van der Waals surface area contributed by atoms with E-state index in [1.54, 1.807) is 18.4 Å². The molecule has 1 aromatic heterocycles. The van der Waals surface area contributed by atoms with Gasteiger partial charge in [0.05, 0.1) is 19.4 Å². The smallest absolute Gasteiger partial charge is 0.234 e. The van der Waals surface area contributed by atoms with Gasteiger partial charge in [-0.3, -0.25) is 9.69 Å². The van der Waals surface area contributed by atoms with Gasteiger partial charge in [-0.25, -0.2) is 4.39 Å². The Morgan fingerprint density at radius 2 is 1.77 bits per heavy atom. The number of fused-ring (bicyclic) bond motifs is 1. The molecule has 0 radical (unpaired) electrons. The minimum Gasteiger partial charge on any atom is -0.493 e. The average Bonchev–Trinajstić information content (AvgIpc) is 3.25. The molecule has 0 atom stereocenters. The standard InChI is InChI=1S/C28H36FN3O3/c1-21(2)30-28(33)19-32-15-13-31(14-16-32)12-4-3-5-17-34-24-10-11-25-26(20-35-27(25)18-24)22-6-8-23(29)9-7-22/h6-11,18,20-21H,3-5,12-17,19H2,1-2H3,(H,30,33). The molecule has 7 heteroatoms. The number of amides is 1. The molecule has 0 saturated carbocycles. The van der Waals surface area contributed by atoms with E-state index in [9.17, 15) is 9.18 Å². The van der Waals surface area contributed by atoms with E-state index in [2.05, 4.69) is 15.1 Å². The summed E-state index contributed by atoms with van der Waals surface area (Å²) < 4.78 is 24.9. The first kappa shape index (κ1) is 25.2. The number of furan rings is 1. The molecule has 188 valence electrons. The molecule has 0 spiro atoms. The van der Waals surface area contributed by atoms with Crippen LogP contribution in [-0.2, 0) is 4.79 Å². The Morgan fingerprint density at radius 1 is 1.03 bits per heavy atom. The van der Waals surface area contributed by atoms with Crippen LogP contribution in [0.4, 0.5) is 4.39 Å². The average molecular weight is 482 g/mol. The summed E-state index contributed by atoms with van der Waals surface area (Å²) in [6.45, 7) is 10.2. The summed E-state index contributed by atoms with van der Waals surface area (Å²) in [5.74, 6) is 0.672. The Morgan fingerprint density at radius 3 is 2.51 bits per heavy atom. The number of unbranched alkanes of at least 4 members (excludes halogenated alkanes) is 2. The van der Waals surface area contributed by atoms with Crippen LogP contribution in [0.3, 0.4) is 0 Å². The van der Waals surface area contributed by atoms with Gasteiger partial charge in [0.1, 0.15) is 17.1 Å². The molecule has 2 heterocycles. The van der Waals surface area contributed by atoms with Gasteiger partial charge in [-0.2, -0.15) is 0 Å². The summed E-state index contributed by atoms with van der Waals surface area (Å²) in [6.07, 6.45) is 4.98.